The molecule has 2 aliphatic rings. The van der Waals surface area contributed by atoms with Crippen molar-refractivity contribution in [2.45, 2.75) is 70.6 Å². The molecule has 1 aromatic rings. The van der Waals surface area contributed by atoms with Gasteiger partial charge in [-0.05, 0) is 58.1 Å². The third kappa shape index (κ3) is 4.22. The number of nitro benzene ring substituents is 1. The third-order valence-corrected chi connectivity index (χ3v) is 6.79. The quantitative estimate of drug-likeness (QED) is 0.501. The van der Waals surface area contributed by atoms with Crippen LogP contribution < -0.4 is 0 Å². The maximum Gasteiger partial charge on any atom is 0.269 e. The molecule has 2 fully saturated rings. The molecule has 6 heteroatoms. The minimum atomic E-state index is -0.352. The Morgan fingerprint density at radius 2 is 2.00 bits per heavy atom. The fraction of sp³-hybridized carbons (Fsp3) is 0.650. The van der Waals surface area contributed by atoms with E-state index in [1.807, 2.05) is 18.7 Å². The smallest absolute Gasteiger partial charge is 0.269 e. The van der Waals surface area contributed by atoms with Gasteiger partial charge < -0.3 is 4.90 Å². The number of rotatable bonds is 4. The Bertz CT molecular complexity index is 711. The molecule has 1 aliphatic heterocycles. The summed E-state index contributed by atoms with van der Waals surface area (Å²) in [7, 11) is 0. The van der Waals surface area contributed by atoms with Gasteiger partial charge in [0, 0.05) is 29.5 Å². The van der Waals surface area contributed by atoms with Crippen molar-refractivity contribution in [2.24, 2.45) is 10.9 Å². The summed E-state index contributed by atoms with van der Waals surface area (Å²) in [6, 6.07) is 5.42. The fourth-order valence-electron chi connectivity index (χ4n) is 4.07. The van der Waals surface area contributed by atoms with E-state index in [4.69, 9.17) is 4.99 Å². The van der Waals surface area contributed by atoms with Gasteiger partial charge in [0.15, 0.2) is 5.17 Å². The Labute approximate surface area is 160 Å². The van der Waals surface area contributed by atoms with Crippen molar-refractivity contribution in [2.75, 3.05) is 6.54 Å². The van der Waals surface area contributed by atoms with E-state index in [0.29, 0.717) is 6.04 Å². The lowest BCUT2D eigenvalue weighted by Gasteiger charge is -2.35. The summed E-state index contributed by atoms with van der Waals surface area (Å²) >= 11 is 1.82. The molecule has 0 spiro atoms. The molecule has 0 radical (unpaired) electrons. The molecule has 1 heterocycles. The molecule has 0 bridgehead atoms. The number of aliphatic imine (C=N–C) groups is 1. The summed E-state index contributed by atoms with van der Waals surface area (Å²) in [6.45, 7) is 9.77. The minimum Gasteiger partial charge on any atom is -0.347 e. The van der Waals surface area contributed by atoms with E-state index in [1.54, 1.807) is 18.2 Å². The van der Waals surface area contributed by atoms with Gasteiger partial charge in [0.05, 0.1) is 10.6 Å². The van der Waals surface area contributed by atoms with E-state index in [9.17, 15) is 10.1 Å². The van der Waals surface area contributed by atoms with Crippen molar-refractivity contribution >= 4 is 28.3 Å². The number of non-ortho nitro benzene ring substituents is 1. The van der Waals surface area contributed by atoms with Crippen LogP contribution in [0, 0.1) is 23.0 Å². The molecule has 0 N–H and O–H groups in total. The van der Waals surface area contributed by atoms with Crippen molar-refractivity contribution in [1.29, 1.82) is 0 Å². The number of nitro groups is 1. The predicted octanol–water partition coefficient (Wildman–Crippen LogP) is 5.69. The molecular formula is C20H29N3O2S. The van der Waals surface area contributed by atoms with Crippen LogP contribution in [0.1, 0.15) is 58.4 Å². The minimum absolute atomic E-state index is 0.123. The maximum atomic E-state index is 11.0. The van der Waals surface area contributed by atoms with Gasteiger partial charge in [-0.3, -0.25) is 10.1 Å². The van der Waals surface area contributed by atoms with Crippen LogP contribution in [-0.2, 0) is 0 Å². The molecule has 5 nitrogen and oxygen atoms in total. The highest BCUT2D eigenvalue weighted by Gasteiger charge is 2.39. The fourth-order valence-corrected chi connectivity index (χ4v) is 5.26. The van der Waals surface area contributed by atoms with Crippen LogP contribution in [0.2, 0.25) is 0 Å². The zero-order valence-electron chi connectivity index (χ0n) is 16.2. The van der Waals surface area contributed by atoms with Gasteiger partial charge in [-0.1, -0.05) is 31.0 Å². The molecule has 1 unspecified atom stereocenters. The summed E-state index contributed by atoms with van der Waals surface area (Å²) in [6.07, 6.45) is 6.67. The van der Waals surface area contributed by atoms with Crippen LogP contribution in [0.5, 0.6) is 0 Å². The van der Waals surface area contributed by atoms with Crippen molar-refractivity contribution in [1.82, 2.24) is 4.90 Å². The van der Waals surface area contributed by atoms with Gasteiger partial charge in [0.25, 0.3) is 5.69 Å². The van der Waals surface area contributed by atoms with Gasteiger partial charge in [-0.2, -0.15) is 0 Å². The first-order valence-corrected chi connectivity index (χ1v) is 10.4. The van der Waals surface area contributed by atoms with E-state index in [0.717, 1.165) is 28.9 Å². The molecular weight excluding hydrogens is 346 g/mol. The average molecular weight is 376 g/mol. The Morgan fingerprint density at radius 3 is 2.62 bits per heavy atom. The van der Waals surface area contributed by atoms with Crippen molar-refractivity contribution in [3.63, 3.8) is 0 Å². The van der Waals surface area contributed by atoms with E-state index >= 15 is 0 Å². The molecule has 0 aromatic heterocycles. The molecule has 1 aromatic carbocycles. The zero-order chi connectivity index (χ0) is 18.9. The Morgan fingerprint density at radius 1 is 1.31 bits per heavy atom. The Kier molecular flexibility index (Phi) is 5.61. The second kappa shape index (κ2) is 7.59. The molecule has 142 valence electrons. The van der Waals surface area contributed by atoms with Gasteiger partial charge >= 0.3 is 0 Å². The van der Waals surface area contributed by atoms with E-state index < -0.39 is 0 Å². The van der Waals surface area contributed by atoms with Gasteiger partial charge in [-0.25, -0.2) is 4.99 Å². The first-order valence-electron chi connectivity index (χ1n) is 9.56. The number of hydrogen-bond donors (Lipinski definition) is 0. The highest BCUT2D eigenvalue weighted by Crippen LogP contribution is 2.41. The normalized spacial score (nSPS) is 23.4. The number of thioether (sulfide) groups is 1. The van der Waals surface area contributed by atoms with Crippen LogP contribution in [0.25, 0.3) is 0 Å². The monoisotopic (exact) mass is 375 g/mol. The number of hydrogen-bond acceptors (Lipinski definition) is 4. The molecule has 1 saturated heterocycles. The van der Waals surface area contributed by atoms with Gasteiger partial charge in [-0.15, -0.1) is 0 Å². The van der Waals surface area contributed by atoms with Crippen LogP contribution in [-0.4, -0.2) is 32.3 Å². The second-order valence-corrected chi connectivity index (χ2v) is 9.93. The first kappa shape index (κ1) is 19.2. The lowest BCUT2D eigenvalue weighted by Crippen LogP contribution is -2.41. The summed E-state index contributed by atoms with van der Waals surface area (Å²) in [5.41, 5.74) is 1.80. The number of aryl methyl sites for hydroxylation is 1. The van der Waals surface area contributed by atoms with Crippen molar-refractivity contribution < 1.29 is 4.92 Å². The summed E-state index contributed by atoms with van der Waals surface area (Å²) < 4.78 is 0.135. The largest absolute Gasteiger partial charge is 0.347 e. The summed E-state index contributed by atoms with van der Waals surface area (Å²) in [4.78, 5) is 18.0. The number of nitrogens with zero attached hydrogens (tertiary/aromatic N) is 3. The van der Waals surface area contributed by atoms with Crippen LogP contribution >= 0.6 is 11.8 Å². The van der Waals surface area contributed by atoms with Crippen molar-refractivity contribution in [3.8, 4) is 0 Å². The second-order valence-electron chi connectivity index (χ2n) is 8.25. The molecule has 1 atom stereocenters. The van der Waals surface area contributed by atoms with Crippen LogP contribution in [0.3, 0.4) is 0 Å². The van der Waals surface area contributed by atoms with Gasteiger partial charge in [0.2, 0.25) is 0 Å². The lowest BCUT2D eigenvalue weighted by atomic mass is 9.84. The zero-order valence-corrected chi connectivity index (χ0v) is 17.0. The Balaban J connectivity index is 1.87. The number of benzene rings is 1. The van der Waals surface area contributed by atoms with Crippen LogP contribution in [0.4, 0.5) is 11.4 Å². The molecule has 1 saturated carbocycles. The summed E-state index contributed by atoms with van der Waals surface area (Å²) in [5.74, 6) is 0.737. The average Bonchev–Trinajstić information content (AvgIpc) is 2.91. The third-order valence-electron chi connectivity index (χ3n) is 5.60. The highest BCUT2D eigenvalue weighted by molar-refractivity contribution is 8.15. The predicted molar refractivity (Wildman–Crippen MR) is 109 cm³/mol. The highest BCUT2D eigenvalue weighted by atomic mass is 32.2. The van der Waals surface area contributed by atoms with E-state index in [1.165, 1.54) is 32.1 Å². The summed E-state index contributed by atoms with van der Waals surface area (Å²) in [5, 5.41) is 12.0. The van der Waals surface area contributed by atoms with Crippen LogP contribution in [0.15, 0.2) is 23.2 Å². The van der Waals surface area contributed by atoms with E-state index in [-0.39, 0.29) is 15.4 Å². The molecule has 3 rings (SSSR count). The number of amidine groups is 1. The molecule has 26 heavy (non-hydrogen) atoms. The first-order chi connectivity index (χ1) is 12.3. The standard InChI is InChI=1S/C20H29N3O2S/c1-14-12-17(23(24)25)10-11-18(14)21-19-22(13-20(3,4)26-19)15(2)16-8-6-5-7-9-16/h10-12,15-16H,5-9,13H2,1-4H3. The Hall–Kier alpha value is -1.56. The molecule has 1 aliphatic carbocycles. The van der Waals surface area contributed by atoms with Gasteiger partial charge in [0.1, 0.15) is 0 Å². The van der Waals surface area contributed by atoms with E-state index in [2.05, 4.69) is 25.7 Å². The molecule has 0 amide bonds. The lowest BCUT2D eigenvalue weighted by molar-refractivity contribution is -0.384. The SMILES string of the molecule is Cc1cc([N+](=O)[O-])ccc1N=C1SC(C)(C)CN1C(C)C1CCCCC1. The van der Waals surface area contributed by atoms with Crippen molar-refractivity contribution in [3.05, 3.63) is 33.9 Å². The topological polar surface area (TPSA) is 58.7 Å². The maximum absolute atomic E-state index is 11.0.